The van der Waals surface area contributed by atoms with E-state index in [0.29, 0.717) is 43.1 Å². The summed E-state index contributed by atoms with van der Waals surface area (Å²) in [5.41, 5.74) is 2.69. The van der Waals surface area contributed by atoms with Gasteiger partial charge in [0, 0.05) is 16.8 Å². The van der Waals surface area contributed by atoms with Crippen LogP contribution >= 0.6 is 34.7 Å². The number of carbonyl (C=O) groups is 1. The monoisotopic (exact) mass is 537 g/mol. The molecule has 1 N–H and O–H groups in total. The summed E-state index contributed by atoms with van der Waals surface area (Å²) in [6.45, 7) is 2.28. The number of aryl methyl sites for hydroxylation is 1. The van der Waals surface area contributed by atoms with Crippen molar-refractivity contribution in [2.75, 3.05) is 0 Å². The first-order chi connectivity index (χ1) is 17.5. The summed E-state index contributed by atoms with van der Waals surface area (Å²) in [6, 6.07) is 17.8. The topological polar surface area (TPSA) is 64.0 Å². The number of carbonyl (C=O) groups excluding carboxylic acids is 1. The van der Waals surface area contributed by atoms with Crippen LogP contribution in [0.25, 0.3) is 10.2 Å². The van der Waals surface area contributed by atoms with Crippen molar-refractivity contribution in [3.63, 3.8) is 0 Å². The highest BCUT2D eigenvalue weighted by molar-refractivity contribution is 7.98. The first-order valence-electron chi connectivity index (χ1n) is 12.3. The highest BCUT2D eigenvalue weighted by atomic mass is 35.5. The van der Waals surface area contributed by atoms with Crippen LogP contribution in [-0.4, -0.2) is 21.5 Å². The van der Waals surface area contributed by atoms with Crippen molar-refractivity contribution >= 4 is 50.8 Å². The van der Waals surface area contributed by atoms with Gasteiger partial charge in [-0.1, -0.05) is 85.1 Å². The summed E-state index contributed by atoms with van der Waals surface area (Å²) in [5, 5.41) is 5.05. The molecule has 0 aliphatic heterocycles. The summed E-state index contributed by atoms with van der Waals surface area (Å²) < 4.78 is 1.73. The molecule has 1 saturated carbocycles. The minimum atomic E-state index is -0.108. The van der Waals surface area contributed by atoms with Crippen LogP contribution in [-0.2, 0) is 12.3 Å². The van der Waals surface area contributed by atoms with E-state index < -0.39 is 0 Å². The summed E-state index contributed by atoms with van der Waals surface area (Å²) in [6.07, 6.45) is 5.56. The van der Waals surface area contributed by atoms with Crippen molar-refractivity contribution in [3.8, 4) is 0 Å². The number of thiophene rings is 1. The van der Waals surface area contributed by atoms with Crippen molar-refractivity contribution in [2.45, 2.75) is 62.5 Å². The fourth-order valence-corrected chi connectivity index (χ4v) is 6.98. The van der Waals surface area contributed by atoms with E-state index in [-0.39, 0.29) is 17.5 Å². The van der Waals surface area contributed by atoms with E-state index in [2.05, 4.69) is 5.32 Å². The van der Waals surface area contributed by atoms with Crippen LogP contribution in [0.5, 0.6) is 0 Å². The Balaban J connectivity index is 1.52. The lowest BCUT2D eigenvalue weighted by Crippen LogP contribution is -2.36. The summed E-state index contributed by atoms with van der Waals surface area (Å²) >= 11 is 9.00. The largest absolute Gasteiger partial charge is 0.349 e. The van der Waals surface area contributed by atoms with E-state index in [0.717, 1.165) is 36.8 Å². The summed E-state index contributed by atoms with van der Waals surface area (Å²) in [7, 11) is 0. The number of fused-ring (bicyclic) bond motifs is 1. The van der Waals surface area contributed by atoms with Crippen LogP contribution < -0.4 is 10.9 Å². The number of hydrogen-bond acceptors (Lipinski definition) is 5. The zero-order valence-electron chi connectivity index (χ0n) is 20.1. The van der Waals surface area contributed by atoms with Crippen LogP contribution in [0.1, 0.15) is 58.5 Å². The minimum absolute atomic E-state index is 0.0930. The Morgan fingerprint density at radius 3 is 2.61 bits per heavy atom. The van der Waals surface area contributed by atoms with E-state index in [1.807, 2.05) is 61.5 Å². The normalized spacial score (nSPS) is 14.3. The zero-order chi connectivity index (χ0) is 25.1. The summed E-state index contributed by atoms with van der Waals surface area (Å²) in [5.74, 6) is 0.539. The maximum absolute atomic E-state index is 13.8. The van der Waals surface area contributed by atoms with Crippen molar-refractivity contribution in [3.05, 3.63) is 91.5 Å². The van der Waals surface area contributed by atoms with Gasteiger partial charge < -0.3 is 5.32 Å². The van der Waals surface area contributed by atoms with Gasteiger partial charge in [-0.25, -0.2) is 4.98 Å². The SMILES string of the molecule is Cc1c(C(=O)NC2CCCCC2)sc2nc(SCc3cccc(Cl)c3)n(Cc3ccccc3)c(=O)c12. The molecule has 0 unspecified atom stereocenters. The lowest BCUT2D eigenvalue weighted by molar-refractivity contribution is 0.0931. The predicted molar refractivity (Wildman–Crippen MR) is 150 cm³/mol. The number of benzene rings is 2. The molecule has 5 rings (SSSR count). The molecule has 186 valence electrons. The minimum Gasteiger partial charge on any atom is -0.349 e. The number of halogens is 1. The van der Waals surface area contributed by atoms with Gasteiger partial charge in [0.1, 0.15) is 4.83 Å². The molecule has 2 aromatic heterocycles. The molecule has 0 bridgehead atoms. The molecule has 1 amide bonds. The second kappa shape index (κ2) is 11.2. The molecular weight excluding hydrogens is 510 g/mol. The van der Waals surface area contributed by atoms with Gasteiger partial charge in [0.25, 0.3) is 11.5 Å². The molecule has 4 aromatic rings. The van der Waals surface area contributed by atoms with Crippen molar-refractivity contribution in [1.82, 2.24) is 14.9 Å². The van der Waals surface area contributed by atoms with Gasteiger partial charge >= 0.3 is 0 Å². The van der Waals surface area contributed by atoms with Crippen LogP contribution in [0.3, 0.4) is 0 Å². The maximum atomic E-state index is 13.8. The Kier molecular flexibility index (Phi) is 7.79. The second-order valence-corrected chi connectivity index (χ2v) is 11.6. The van der Waals surface area contributed by atoms with Crippen LogP contribution in [0.4, 0.5) is 0 Å². The van der Waals surface area contributed by atoms with E-state index >= 15 is 0 Å². The molecule has 1 aliphatic rings. The molecule has 1 aliphatic carbocycles. The van der Waals surface area contributed by atoms with Gasteiger partial charge in [0.2, 0.25) is 0 Å². The Morgan fingerprint density at radius 2 is 1.86 bits per heavy atom. The standard InChI is InChI=1S/C28H28ClN3O2S2/c1-18-23-26(36-24(18)25(33)30-22-13-6-3-7-14-22)31-28(35-17-20-11-8-12-21(29)15-20)32(27(23)34)16-19-9-4-2-5-10-19/h2,4-5,8-12,15,22H,3,6-7,13-14,16-17H2,1H3,(H,30,33). The third-order valence-corrected chi connectivity index (χ3v) is 9.07. The Morgan fingerprint density at radius 1 is 1.11 bits per heavy atom. The van der Waals surface area contributed by atoms with Gasteiger partial charge in [0.15, 0.2) is 5.16 Å². The number of rotatable bonds is 7. The van der Waals surface area contributed by atoms with Crippen molar-refractivity contribution in [1.29, 1.82) is 0 Å². The van der Waals surface area contributed by atoms with Gasteiger partial charge in [-0.05, 0) is 48.6 Å². The maximum Gasteiger partial charge on any atom is 0.263 e. The number of amides is 1. The highest BCUT2D eigenvalue weighted by Gasteiger charge is 2.24. The van der Waals surface area contributed by atoms with Crippen LogP contribution in [0.15, 0.2) is 64.5 Å². The molecule has 5 nitrogen and oxygen atoms in total. The lowest BCUT2D eigenvalue weighted by Gasteiger charge is -2.22. The molecule has 0 atom stereocenters. The Labute approximate surface area is 223 Å². The number of thioether (sulfide) groups is 1. The molecule has 0 saturated heterocycles. The Bertz CT molecular complexity index is 1440. The van der Waals surface area contributed by atoms with Gasteiger partial charge in [-0.3, -0.25) is 14.2 Å². The highest BCUT2D eigenvalue weighted by Crippen LogP contribution is 2.31. The molecule has 1 fully saturated rings. The van der Waals surface area contributed by atoms with Gasteiger partial charge in [-0.2, -0.15) is 0 Å². The lowest BCUT2D eigenvalue weighted by atomic mass is 9.95. The molecular formula is C28H28ClN3O2S2. The third-order valence-electron chi connectivity index (χ3n) is 6.60. The van der Waals surface area contributed by atoms with E-state index in [9.17, 15) is 9.59 Å². The number of aromatic nitrogens is 2. The van der Waals surface area contributed by atoms with E-state index in [1.54, 1.807) is 4.57 Å². The zero-order valence-corrected chi connectivity index (χ0v) is 22.5. The van der Waals surface area contributed by atoms with Crippen molar-refractivity contribution < 1.29 is 4.79 Å². The first-order valence-corrected chi connectivity index (χ1v) is 14.4. The third kappa shape index (κ3) is 5.53. The predicted octanol–water partition coefficient (Wildman–Crippen LogP) is 6.82. The smallest absolute Gasteiger partial charge is 0.263 e. The van der Waals surface area contributed by atoms with E-state index in [4.69, 9.17) is 16.6 Å². The quantitative estimate of drug-likeness (QED) is 0.207. The fraction of sp³-hybridized carbons (Fsp3) is 0.321. The van der Waals surface area contributed by atoms with Crippen LogP contribution in [0, 0.1) is 6.92 Å². The van der Waals surface area contributed by atoms with Gasteiger partial charge in [0.05, 0.1) is 16.8 Å². The van der Waals surface area contributed by atoms with Gasteiger partial charge in [-0.15, -0.1) is 11.3 Å². The average molecular weight is 538 g/mol. The molecule has 0 radical (unpaired) electrons. The molecule has 2 aromatic carbocycles. The summed E-state index contributed by atoms with van der Waals surface area (Å²) in [4.78, 5) is 33.1. The molecule has 8 heteroatoms. The average Bonchev–Trinajstić information content (AvgIpc) is 3.22. The van der Waals surface area contributed by atoms with E-state index in [1.165, 1.54) is 29.5 Å². The first kappa shape index (κ1) is 25.1. The number of nitrogens with zero attached hydrogens (tertiary/aromatic N) is 2. The number of nitrogens with one attached hydrogen (secondary N) is 1. The second-order valence-electron chi connectivity index (χ2n) is 9.23. The van der Waals surface area contributed by atoms with Crippen LogP contribution in [0.2, 0.25) is 5.02 Å². The molecule has 2 heterocycles. The Hall–Kier alpha value is -2.61. The number of hydrogen-bond donors (Lipinski definition) is 1. The molecule has 36 heavy (non-hydrogen) atoms. The molecule has 0 spiro atoms. The fourth-order valence-electron chi connectivity index (χ4n) is 4.70. The van der Waals surface area contributed by atoms with Crippen molar-refractivity contribution in [2.24, 2.45) is 0 Å².